The molecule has 0 saturated heterocycles. The molecule has 0 unspecified atom stereocenters. The van der Waals surface area contributed by atoms with E-state index < -0.39 is 18.0 Å². The molecule has 0 aromatic carbocycles. The molecule has 1 amide bonds. The number of aromatic nitrogens is 4. The quantitative estimate of drug-likeness (QED) is 0.690. The number of rotatable bonds is 5. The van der Waals surface area contributed by atoms with Crippen LogP contribution in [0.1, 0.15) is 21.1 Å². The number of nitrogens with zero attached hydrogens (tertiary/aromatic N) is 4. The number of hydrogen-bond acceptors (Lipinski definition) is 7. The molecule has 3 rings (SSSR count). The predicted octanol–water partition coefficient (Wildman–Crippen LogP) is 2.35. The third kappa shape index (κ3) is 3.85. The minimum Gasteiger partial charge on any atom is -0.329 e. The van der Waals surface area contributed by atoms with Crippen molar-refractivity contribution >= 4 is 17.2 Å². The van der Waals surface area contributed by atoms with E-state index in [1.807, 2.05) is 0 Å². The van der Waals surface area contributed by atoms with Crippen LogP contribution in [0.2, 0.25) is 0 Å². The van der Waals surface area contributed by atoms with Gasteiger partial charge in [-0.25, -0.2) is 5.48 Å². The summed E-state index contributed by atoms with van der Waals surface area (Å²) in [6.45, 7) is 0.328. The SMILES string of the molecule is CONC(=O)c1cnn(Cc2ccc(-c3noc(C(F)(F)F)n3)s2)c1. The lowest BCUT2D eigenvalue weighted by molar-refractivity contribution is -0.159. The highest BCUT2D eigenvalue weighted by Crippen LogP contribution is 2.31. The monoisotopic (exact) mass is 373 g/mol. The average Bonchev–Trinajstić information content (AvgIpc) is 3.27. The zero-order valence-corrected chi connectivity index (χ0v) is 13.4. The molecule has 1 N–H and O–H groups in total. The summed E-state index contributed by atoms with van der Waals surface area (Å²) in [6, 6.07) is 3.30. The number of amides is 1. The molecule has 0 fully saturated rings. The third-order valence-corrected chi connectivity index (χ3v) is 4.02. The second-order valence-electron chi connectivity index (χ2n) is 4.75. The van der Waals surface area contributed by atoms with Gasteiger partial charge in [-0.3, -0.25) is 14.3 Å². The van der Waals surface area contributed by atoms with E-state index in [-0.39, 0.29) is 5.82 Å². The summed E-state index contributed by atoms with van der Waals surface area (Å²) in [6.07, 6.45) is -1.79. The van der Waals surface area contributed by atoms with Gasteiger partial charge in [0.05, 0.1) is 30.3 Å². The van der Waals surface area contributed by atoms with Crippen molar-refractivity contribution in [1.29, 1.82) is 0 Å². The van der Waals surface area contributed by atoms with Gasteiger partial charge in [0, 0.05) is 11.1 Å². The van der Waals surface area contributed by atoms with Crippen LogP contribution in [0.25, 0.3) is 10.7 Å². The van der Waals surface area contributed by atoms with Crippen LogP contribution in [0.4, 0.5) is 13.2 Å². The molecule has 3 aromatic rings. The normalized spacial score (nSPS) is 11.7. The van der Waals surface area contributed by atoms with Crippen LogP contribution < -0.4 is 5.48 Å². The van der Waals surface area contributed by atoms with E-state index in [1.54, 1.807) is 12.1 Å². The van der Waals surface area contributed by atoms with Gasteiger partial charge in [-0.05, 0) is 12.1 Å². The zero-order chi connectivity index (χ0) is 18.0. The molecule has 0 aliphatic rings. The fourth-order valence-electron chi connectivity index (χ4n) is 1.90. The highest BCUT2D eigenvalue weighted by atomic mass is 32.1. The first-order chi connectivity index (χ1) is 11.9. The lowest BCUT2D eigenvalue weighted by atomic mass is 10.3. The van der Waals surface area contributed by atoms with Gasteiger partial charge in [-0.15, -0.1) is 11.3 Å². The maximum atomic E-state index is 12.5. The third-order valence-electron chi connectivity index (χ3n) is 2.96. The van der Waals surface area contributed by atoms with Crippen molar-refractivity contribution in [2.75, 3.05) is 7.11 Å². The van der Waals surface area contributed by atoms with Crippen LogP contribution in [0.5, 0.6) is 0 Å². The maximum Gasteiger partial charge on any atom is 0.471 e. The summed E-state index contributed by atoms with van der Waals surface area (Å²) in [7, 11) is 1.32. The van der Waals surface area contributed by atoms with Crippen LogP contribution in [0.15, 0.2) is 29.0 Å². The first kappa shape index (κ1) is 17.1. The number of halogens is 3. The Bertz CT molecular complexity index is 885. The Labute approximate surface area is 142 Å². The van der Waals surface area contributed by atoms with Gasteiger partial charge in [0.25, 0.3) is 5.91 Å². The number of nitrogens with one attached hydrogen (secondary N) is 1. The summed E-state index contributed by atoms with van der Waals surface area (Å²) >= 11 is 1.19. The second kappa shape index (κ2) is 6.64. The summed E-state index contributed by atoms with van der Waals surface area (Å²) in [4.78, 5) is 20.7. The van der Waals surface area contributed by atoms with Crippen molar-refractivity contribution in [3.63, 3.8) is 0 Å². The van der Waals surface area contributed by atoms with E-state index in [9.17, 15) is 18.0 Å². The van der Waals surface area contributed by atoms with Gasteiger partial charge in [-0.2, -0.15) is 23.3 Å². The van der Waals surface area contributed by atoms with Crippen LogP contribution in [-0.2, 0) is 17.6 Å². The van der Waals surface area contributed by atoms with Gasteiger partial charge in [0.15, 0.2) is 0 Å². The van der Waals surface area contributed by atoms with E-state index in [1.165, 1.54) is 35.5 Å². The van der Waals surface area contributed by atoms with Crippen molar-refractivity contribution in [2.24, 2.45) is 0 Å². The molecule has 12 heteroatoms. The number of thiophene rings is 1. The number of hydrogen-bond donors (Lipinski definition) is 1. The number of alkyl halides is 3. The molecule has 0 saturated carbocycles. The largest absolute Gasteiger partial charge is 0.471 e. The smallest absolute Gasteiger partial charge is 0.329 e. The topological polar surface area (TPSA) is 95.1 Å². The Morgan fingerprint density at radius 3 is 2.92 bits per heavy atom. The molecule has 0 aliphatic heterocycles. The Kier molecular flexibility index (Phi) is 4.55. The summed E-state index contributed by atoms with van der Waals surface area (Å²) in [5.41, 5.74) is 2.48. The highest BCUT2D eigenvalue weighted by Gasteiger charge is 2.38. The van der Waals surface area contributed by atoms with E-state index in [4.69, 9.17) is 0 Å². The van der Waals surface area contributed by atoms with Crippen LogP contribution in [-0.4, -0.2) is 32.9 Å². The maximum absolute atomic E-state index is 12.5. The molecule has 0 bridgehead atoms. The molecule has 8 nitrogen and oxygen atoms in total. The van der Waals surface area contributed by atoms with Crippen LogP contribution in [0, 0.1) is 0 Å². The van der Waals surface area contributed by atoms with Gasteiger partial charge in [0.1, 0.15) is 0 Å². The molecule has 3 heterocycles. The van der Waals surface area contributed by atoms with Gasteiger partial charge in [-0.1, -0.05) is 5.16 Å². The molecule has 0 aliphatic carbocycles. The van der Waals surface area contributed by atoms with Crippen molar-refractivity contribution in [3.05, 3.63) is 40.9 Å². The van der Waals surface area contributed by atoms with E-state index >= 15 is 0 Å². The van der Waals surface area contributed by atoms with Crippen molar-refractivity contribution in [3.8, 4) is 10.7 Å². The molecular weight excluding hydrogens is 363 g/mol. The fraction of sp³-hybridized carbons (Fsp3) is 0.231. The molecule has 0 spiro atoms. The number of carbonyl (C=O) groups is 1. The average molecular weight is 373 g/mol. The molecule has 0 atom stereocenters. The number of hydroxylamine groups is 1. The first-order valence-corrected chi connectivity index (χ1v) is 7.54. The molecule has 25 heavy (non-hydrogen) atoms. The van der Waals surface area contributed by atoms with Gasteiger partial charge >= 0.3 is 12.1 Å². The molecule has 3 aromatic heterocycles. The molecule has 0 radical (unpaired) electrons. The fourth-order valence-corrected chi connectivity index (χ4v) is 2.83. The Balaban J connectivity index is 1.72. The molecular formula is C13H10F3N5O3S. The second-order valence-corrected chi connectivity index (χ2v) is 5.92. The van der Waals surface area contributed by atoms with E-state index in [2.05, 4.69) is 30.1 Å². The van der Waals surface area contributed by atoms with Gasteiger partial charge < -0.3 is 4.52 Å². The minimum atomic E-state index is -4.68. The van der Waals surface area contributed by atoms with Crippen molar-refractivity contribution < 1.29 is 27.3 Å². The first-order valence-electron chi connectivity index (χ1n) is 6.72. The number of carbonyl (C=O) groups excluding carboxylic acids is 1. The highest BCUT2D eigenvalue weighted by molar-refractivity contribution is 7.15. The van der Waals surface area contributed by atoms with Crippen molar-refractivity contribution in [2.45, 2.75) is 12.7 Å². The van der Waals surface area contributed by atoms with E-state index in [0.717, 1.165) is 4.88 Å². The lowest BCUT2D eigenvalue weighted by Crippen LogP contribution is -2.21. The van der Waals surface area contributed by atoms with Crippen LogP contribution in [0.3, 0.4) is 0 Å². The summed E-state index contributed by atoms with van der Waals surface area (Å²) in [5, 5.41) is 7.38. The lowest BCUT2D eigenvalue weighted by Gasteiger charge is -1.98. The Morgan fingerprint density at radius 1 is 1.44 bits per heavy atom. The van der Waals surface area contributed by atoms with Gasteiger partial charge in [0.2, 0.25) is 5.82 Å². The standard InChI is InChI=1S/C13H10F3N5O3S/c1-23-20-11(22)7-4-17-21(5-7)6-8-2-3-9(25-8)10-18-12(24-19-10)13(14,15)16/h2-5H,6H2,1H3,(H,20,22). The minimum absolute atomic E-state index is 0.135. The van der Waals surface area contributed by atoms with Crippen molar-refractivity contribution in [1.82, 2.24) is 25.4 Å². The zero-order valence-electron chi connectivity index (χ0n) is 12.6. The van der Waals surface area contributed by atoms with Crippen LogP contribution >= 0.6 is 11.3 Å². The predicted molar refractivity (Wildman–Crippen MR) is 78.4 cm³/mol. The Morgan fingerprint density at radius 2 is 2.24 bits per heavy atom. The molecule has 132 valence electrons. The summed E-state index contributed by atoms with van der Waals surface area (Å²) in [5.74, 6) is -1.96. The van der Waals surface area contributed by atoms with E-state index in [0.29, 0.717) is 17.0 Å². The summed E-state index contributed by atoms with van der Waals surface area (Å²) < 4.78 is 43.2. The Hall–Kier alpha value is -2.73.